The molecule has 0 aromatic carbocycles. The molecule has 0 aliphatic heterocycles. The lowest BCUT2D eigenvalue weighted by Crippen LogP contribution is -2.53. The molecular weight excluding hydrogens is 328 g/mol. The zero-order chi connectivity index (χ0) is 19.5. The third-order valence-electron chi connectivity index (χ3n) is 7.58. The van der Waals surface area contributed by atoms with E-state index in [1.807, 2.05) is 6.92 Å². The van der Waals surface area contributed by atoms with Gasteiger partial charge in [0, 0.05) is 20.6 Å². The first-order valence-electron chi connectivity index (χ1n) is 10.2. The summed E-state index contributed by atoms with van der Waals surface area (Å²) >= 11 is 0. The van der Waals surface area contributed by atoms with Gasteiger partial charge in [0.15, 0.2) is 6.29 Å². The van der Waals surface area contributed by atoms with E-state index in [4.69, 9.17) is 9.47 Å². The van der Waals surface area contributed by atoms with E-state index in [1.165, 1.54) is 5.57 Å². The van der Waals surface area contributed by atoms with Crippen LogP contribution in [0.1, 0.15) is 72.1 Å². The van der Waals surface area contributed by atoms with Crippen molar-refractivity contribution < 1.29 is 19.4 Å². The predicted molar refractivity (Wildman–Crippen MR) is 104 cm³/mol. The minimum atomic E-state index is -0.615. The Hall–Kier alpha value is -0.870. The van der Waals surface area contributed by atoms with Crippen LogP contribution in [0.2, 0.25) is 0 Å². The van der Waals surface area contributed by atoms with E-state index < -0.39 is 11.4 Å². The maximum Gasteiger partial charge on any atom is 0.309 e. The summed E-state index contributed by atoms with van der Waals surface area (Å²) in [7, 11) is 3.37. The summed E-state index contributed by atoms with van der Waals surface area (Å²) < 4.78 is 10.7. The largest absolute Gasteiger partial charge is 0.481 e. The van der Waals surface area contributed by atoms with Crippen LogP contribution in [-0.2, 0) is 14.3 Å². The molecule has 0 heterocycles. The van der Waals surface area contributed by atoms with Gasteiger partial charge in [-0.15, -0.1) is 0 Å². The van der Waals surface area contributed by atoms with Gasteiger partial charge in [0.2, 0.25) is 0 Å². The average Bonchev–Trinajstić information content (AvgIpc) is 2.58. The number of fused-ring (bicyclic) bond motifs is 1. The SMILES string of the molecule is C=C1CC[C@@H]2[C@](C)(CCC[C@]2(C)C(=O)O)[C@H]1CC[C@H](C)CC(OC)OC. The van der Waals surface area contributed by atoms with Crippen molar-refractivity contribution in [2.45, 2.75) is 78.4 Å². The molecular formula is C22H38O4. The highest BCUT2D eigenvalue weighted by molar-refractivity contribution is 5.75. The molecule has 0 aromatic rings. The van der Waals surface area contributed by atoms with Crippen LogP contribution in [0, 0.1) is 28.6 Å². The fraction of sp³-hybridized carbons (Fsp3) is 0.864. The van der Waals surface area contributed by atoms with Crippen LogP contribution in [0.4, 0.5) is 0 Å². The molecule has 0 saturated heterocycles. The van der Waals surface area contributed by atoms with Gasteiger partial charge in [-0.2, -0.15) is 0 Å². The zero-order valence-corrected chi connectivity index (χ0v) is 17.3. The van der Waals surface area contributed by atoms with Gasteiger partial charge in [0.1, 0.15) is 0 Å². The van der Waals surface area contributed by atoms with E-state index in [9.17, 15) is 9.90 Å². The van der Waals surface area contributed by atoms with Crippen LogP contribution >= 0.6 is 0 Å². The number of carboxylic acid groups (broad SMARTS) is 1. The van der Waals surface area contributed by atoms with Gasteiger partial charge < -0.3 is 14.6 Å². The second-order valence-electron chi connectivity index (χ2n) is 9.20. The first kappa shape index (κ1) is 21.4. The van der Waals surface area contributed by atoms with E-state index in [0.29, 0.717) is 11.8 Å². The van der Waals surface area contributed by atoms with Crippen LogP contribution in [0.25, 0.3) is 0 Å². The quantitative estimate of drug-likeness (QED) is 0.469. The molecule has 2 aliphatic carbocycles. The number of allylic oxidation sites excluding steroid dienone is 1. The highest BCUT2D eigenvalue weighted by Gasteiger charge is 2.57. The van der Waals surface area contributed by atoms with Crippen LogP contribution in [0.3, 0.4) is 0 Å². The number of ether oxygens (including phenoxy) is 2. The topological polar surface area (TPSA) is 55.8 Å². The second kappa shape index (κ2) is 8.43. The number of rotatable bonds is 8. The van der Waals surface area contributed by atoms with Crippen molar-refractivity contribution >= 4 is 5.97 Å². The summed E-state index contributed by atoms with van der Waals surface area (Å²) in [4.78, 5) is 12.1. The molecule has 2 rings (SSSR count). The Kier molecular flexibility index (Phi) is 6.95. The first-order chi connectivity index (χ1) is 12.2. The summed E-state index contributed by atoms with van der Waals surface area (Å²) in [6.45, 7) is 11.0. The molecule has 26 heavy (non-hydrogen) atoms. The Labute approximate surface area is 159 Å². The smallest absolute Gasteiger partial charge is 0.309 e. The van der Waals surface area contributed by atoms with Crippen molar-refractivity contribution in [1.82, 2.24) is 0 Å². The number of methoxy groups -OCH3 is 2. The maximum absolute atomic E-state index is 12.1. The number of hydrogen-bond donors (Lipinski definition) is 1. The number of carboxylic acids is 1. The highest BCUT2D eigenvalue weighted by atomic mass is 16.7. The normalized spacial score (nSPS) is 36.0. The van der Waals surface area contributed by atoms with Crippen LogP contribution in [0.5, 0.6) is 0 Å². The van der Waals surface area contributed by atoms with E-state index in [0.717, 1.165) is 51.4 Å². The zero-order valence-electron chi connectivity index (χ0n) is 17.3. The Morgan fingerprint density at radius 1 is 1.31 bits per heavy atom. The van der Waals surface area contributed by atoms with Gasteiger partial charge in [-0.3, -0.25) is 4.79 Å². The van der Waals surface area contributed by atoms with Gasteiger partial charge in [-0.25, -0.2) is 0 Å². The van der Waals surface area contributed by atoms with Gasteiger partial charge in [-0.1, -0.05) is 32.4 Å². The van der Waals surface area contributed by atoms with E-state index in [-0.39, 0.29) is 17.6 Å². The van der Waals surface area contributed by atoms with Crippen LogP contribution in [-0.4, -0.2) is 31.6 Å². The molecule has 2 saturated carbocycles. The van der Waals surface area contributed by atoms with Crippen molar-refractivity contribution in [3.8, 4) is 0 Å². The molecule has 0 aromatic heterocycles. The predicted octanol–water partition coefficient (Wildman–Crippen LogP) is 5.28. The molecule has 150 valence electrons. The van der Waals surface area contributed by atoms with Gasteiger partial charge in [0.05, 0.1) is 5.41 Å². The first-order valence-corrected chi connectivity index (χ1v) is 10.2. The molecule has 0 amide bonds. The van der Waals surface area contributed by atoms with Crippen LogP contribution < -0.4 is 0 Å². The minimum Gasteiger partial charge on any atom is -0.481 e. The number of hydrogen-bond acceptors (Lipinski definition) is 3. The van der Waals surface area contributed by atoms with Crippen molar-refractivity contribution in [2.75, 3.05) is 14.2 Å². The second-order valence-corrected chi connectivity index (χ2v) is 9.20. The van der Waals surface area contributed by atoms with Gasteiger partial charge >= 0.3 is 5.97 Å². The van der Waals surface area contributed by atoms with Crippen LogP contribution in [0.15, 0.2) is 12.2 Å². The van der Waals surface area contributed by atoms with Crippen molar-refractivity contribution in [1.29, 1.82) is 0 Å². The molecule has 0 radical (unpaired) electrons. The molecule has 4 heteroatoms. The Morgan fingerprint density at radius 2 is 1.96 bits per heavy atom. The lowest BCUT2D eigenvalue weighted by atomic mass is 9.46. The summed E-state index contributed by atoms with van der Waals surface area (Å²) in [5.74, 6) is 0.561. The maximum atomic E-state index is 12.1. The minimum absolute atomic E-state index is 0.0579. The van der Waals surface area contributed by atoms with E-state index in [2.05, 4.69) is 20.4 Å². The number of aliphatic carboxylic acids is 1. The standard InChI is InChI=1S/C22H38O4/c1-15(14-19(25-5)26-6)8-10-17-16(2)9-11-18-21(17,3)12-7-13-22(18,4)20(23)24/h15,17-19H,2,7-14H2,1,3-6H3,(H,23,24)/t15-,17-,18+,21+,22-/m0/s1. The lowest BCUT2D eigenvalue weighted by Gasteiger charge is -2.57. The highest BCUT2D eigenvalue weighted by Crippen LogP contribution is 2.62. The molecule has 5 atom stereocenters. The monoisotopic (exact) mass is 366 g/mol. The Bertz CT molecular complexity index is 512. The summed E-state index contributed by atoms with van der Waals surface area (Å²) in [6.07, 6.45) is 7.80. The summed E-state index contributed by atoms with van der Waals surface area (Å²) in [5.41, 5.74) is 0.803. The van der Waals surface area contributed by atoms with Crippen molar-refractivity contribution in [3.05, 3.63) is 12.2 Å². The number of carbonyl (C=O) groups is 1. The lowest BCUT2D eigenvalue weighted by molar-refractivity contribution is -0.164. The third-order valence-corrected chi connectivity index (χ3v) is 7.58. The fourth-order valence-electron chi connectivity index (χ4n) is 5.92. The summed E-state index contributed by atoms with van der Waals surface area (Å²) in [6, 6.07) is 0. The van der Waals surface area contributed by atoms with Gasteiger partial charge in [-0.05, 0) is 68.6 Å². The van der Waals surface area contributed by atoms with Crippen molar-refractivity contribution in [3.63, 3.8) is 0 Å². The molecule has 0 unspecified atom stereocenters. The molecule has 4 nitrogen and oxygen atoms in total. The third kappa shape index (κ3) is 4.01. The molecule has 0 bridgehead atoms. The van der Waals surface area contributed by atoms with E-state index >= 15 is 0 Å². The Morgan fingerprint density at radius 3 is 2.54 bits per heavy atom. The fourth-order valence-corrected chi connectivity index (χ4v) is 5.92. The Balaban J connectivity index is 2.12. The molecule has 2 aliphatic rings. The van der Waals surface area contributed by atoms with Crippen molar-refractivity contribution in [2.24, 2.45) is 28.6 Å². The summed E-state index contributed by atoms with van der Waals surface area (Å²) in [5, 5.41) is 9.92. The molecule has 1 N–H and O–H groups in total. The van der Waals surface area contributed by atoms with E-state index in [1.54, 1.807) is 14.2 Å². The van der Waals surface area contributed by atoms with Gasteiger partial charge in [0.25, 0.3) is 0 Å². The average molecular weight is 367 g/mol. The molecule has 0 spiro atoms. The molecule has 2 fully saturated rings.